The highest BCUT2D eigenvalue weighted by Crippen LogP contribution is 2.39. The molecule has 1 aromatic heterocycles. The minimum absolute atomic E-state index is 0.00924. The number of hydrogen-bond donors (Lipinski definition) is 2. The summed E-state index contributed by atoms with van der Waals surface area (Å²) in [7, 11) is 0. The molecule has 2 heterocycles. The predicted molar refractivity (Wildman–Crippen MR) is 206 cm³/mol. The molecule has 4 aromatic rings. The van der Waals surface area contributed by atoms with Crippen molar-refractivity contribution in [2.75, 3.05) is 25.0 Å². The summed E-state index contributed by atoms with van der Waals surface area (Å²) in [6, 6.07) is 23.3. The summed E-state index contributed by atoms with van der Waals surface area (Å²) in [6.45, 7) is 7.57. The van der Waals surface area contributed by atoms with Gasteiger partial charge < -0.3 is 24.8 Å². The fourth-order valence-corrected chi connectivity index (χ4v) is 6.87. The monoisotopic (exact) mass is 694 g/mol. The number of nitrogens with zero attached hydrogens (tertiary/aromatic N) is 3. The quantitative estimate of drug-likeness (QED) is 0.0838. The number of benzene rings is 3. The summed E-state index contributed by atoms with van der Waals surface area (Å²) in [5, 5.41) is 12.6. The van der Waals surface area contributed by atoms with Crippen molar-refractivity contribution in [1.29, 1.82) is 0 Å². The third kappa shape index (κ3) is 12.2. The van der Waals surface area contributed by atoms with E-state index in [1.54, 1.807) is 0 Å². The van der Waals surface area contributed by atoms with Crippen molar-refractivity contribution in [3.8, 4) is 0 Å². The Balaban J connectivity index is 1.30. The van der Waals surface area contributed by atoms with Gasteiger partial charge in [0, 0.05) is 24.2 Å². The van der Waals surface area contributed by atoms with Gasteiger partial charge in [0.2, 0.25) is 0 Å². The van der Waals surface area contributed by atoms with Crippen LogP contribution in [0, 0.1) is 0 Å². The Morgan fingerprint density at radius 2 is 1.45 bits per heavy atom. The molecule has 5 rings (SSSR count). The van der Waals surface area contributed by atoms with Crippen molar-refractivity contribution < 1.29 is 19.4 Å². The van der Waals surface area contributed by atoms with Gasteiger partial charge in [-0.2, -0.15) is 0 Å². The van der Waals surface area contributed by atoms with Gasteiger partial charge in [-0.05, 0) is 61.3 Å². The topological polar surface area (TPSA) is 96.8 Å². The third-order valence-electron chi connectivity index (χ3n) is 9.83. The van der Waals surface area contributed by atoms with E-state index in [0.29, 0.717) is 11.2 Å². The Bertz CT molecular complexity index is 1600. The van der Waals surface area contributed by atoms with E-state index in [4.69, 9.17) is 9.47 Å². The summed E-state index contributed by atoms with van der Waals surface area (Å²) >= 11 is 0. The highest BCUT2D eigenvalue weighted by atomic mass is 16.7. The van der Waals surface area contributed by atoms with Gasteiger partial charge in [-0.15, -0.1) is 0 Å². The molecular formula is C43H58N4O4. The average molecular weight is 695 g/mol. The van der Waals surface area contributed by atoms with Gasteiger partial charge in [-0.3, -0.25) is 9.78 Å². The zero-order valence-electron chi connectivity index (χ0n) is 30.8. The lowest BCUT2D eigenvalue weighted by atomic mass is 9.99. The van der Waals surface area contributed by atoms with Crippen LogP contribution in [0.15, 0.2) is 79.0 Å². The summed E-state index contributed by atoms with van der Waals surface area (Å²) in [4.78, 5) is 24.8. The number of anilines is 1. The van der Waals surface area contributed by atoms with Crippen LogP contribution < -0.4 is 5.32 Å². The molecule has 8 heteroatoms. The van der Waals surface area contributed by atoms with Gasteiger partial charge in [0.25, 0.3) is 5.91 Å². The predicted octanol–water partition coefficient (Wildman–Crippen LogP) is 9.94. The van der Waals surface area contributed by atoms with E-state index in [2.05, 4.69) is 46.2 Å². The lowest BCUT2D eigenvalue weighted by Crippen LogP contribution is -2.40. The zero-order chi connectivity index (χ0) is 35.7. The van der Waals surface area contributed by atoms with Crippen LogP contribution in [0.25, 0.3) is 11.0 Å². The van der Waals surface area contributed by atoms with Crippen LogP contribution in [0.5, 0.6) is 0 Å². The molecule has 274 valence electrons. The molecule has 0 radical (unpaired) electrons. The van der Waals surface area contributed by atoms with Gasteiger partial charge in [-0.25, -0.2) is 4.98 Å². The zero-order valence-corrected chi connectivity index (χ0v) is 30.8. The van der Waals surface area contributed by atoms with Crippen LogP contribution in [-0.4, -0.2) is 51.6 Å². The highest BCUT2D eigenvalue weighted by molar-refractivity contribution is 6.03. The third-order valence-corrected chi connectivity index (χ3v) is 9.83. The molecule has 1 saturated heterocycles. The van der Waals surface area contributed by atoms with Gasteiger partial charge in [0.05, 0.1) is 36.0 Å². The number of aliphatic hydroxyl groups excluding tert-OH is 1. The second-order valence-corrected chi connectivity index (χ2v) is 14.0. The fraction of sp³-hybridized carbons (Fsp3) is 0.512. The van der Waals surface area contributed by atoms with Gasteiger partial charge >= 0.3 is 0 Å². The highest BCUT2D eigenvalue weighted by Gasteiger charge is 2.33. The second kappa shape index (κ2) is 21.0. The van der Waals surface area contributed by atoms with E-state index in [9.17, 15) is 9.90 Å². The fourth-order valence-electron chi connectivity index (χ4n) is 6.87. The molecule has 1 aliphatic rings. The number of para-hydroxylation sites is 2. The molecule has 0 unspecified atom stereocenters. The molecule has 0 aliphatic carbocycles. The first-order chi connectivity index (χ1) is 25.1. The van der Waals surface area contributed by atoms with Gasteiger partial charge in [0.1, 0.15) is 5.69 Å². The number of rotatable bonds is 21. The number of unbranched alkanes of at least 4 members (excludes halogenated alkanes) is 10. The Morgan fingerprint density at radius 1 is 0.784 bits per heavy atom. The summed E-state index contributed by atoms with van der Waals surface area (Å²) < 4.78 is 13.4. The maximum Gasteiger partial charge on any atom is 0.275 e. The number of fused-ring (bicyclic) bond motifs is 1. The molecule has 0 saturated carbocycles. The molecule has 1 aliphatic heterocycles. The molecule has 0 bridgehead atoms. The Hall–Kier alpha value is -3.69. The standard InChI is InChI=1S/C43H58N4O4/c1-3-5-7-9-11-15-26-47(27-16-12-10-8-6-4-2)31-37-29-41(34-24-22-33(32-48)23-25-34)51-43(50-37)35-18-17-19-36(28-35)45-42(49)40-30-44-38-20-13-14-21-39(38)46-40/h13-14,17-25,28,30,37,41,43,48H,3-12,15-16,26-27,29,31-32H2,1-2H3,(H,45,49)/t37-,41+,43+/m0/s1. The maximum atomic E-state index is 13.2. The number of ether oxygens (including phenoxy) is 2. The Morgan fingerprint density at radius 3 is 2.14 bits per heavy atom. The van der Waals surface area contributed by atoms with Gasteiger partial charge in [-0.1, -0.05) is 127 Å². The molecule has 3 atom stereocenters. The van der Waals surface area contributed by atoms with Crippen LogP contribution in [0.1, 0.15) is 137 Å². The van der Waals surface area contributed by atoms with Crippen LogP contribution in [0.3, 0.4) is 0 Å². The molecular weight excluding hydrogens is 636 g/mol. The normalized spacial score (nSPS) is 17.6. The average Bonchev–Trinajstić information content (AvgIpc) is 3.17. The maximum absolute atomic E-state index is 13.2. The van der Waals surface area contributed by atoms with Crippen LogP contribution >= 0.6 is 0 Å². The number of aliphatic hydroxyl groups is 1. The first-order valence-electron chi connectivity index (χ1n) is 19.4. The van der Waals surface area contributed by atoms with E-state index in [-0.39, 0.29) is 30.4 Å². The first-order valence-corrected chi connectivity index (χ1v) is 19.4. The number of carbonyl (C=O) groups excluding carboxylic acids is 1. The lowest BCUT2D eigenvalue weighted by Gasteiger charge is -2.38. The first kappa shape index (κ1) is 38.5. The number of carbonyl (C=O) groups is 1. The minimum atomic E-state index is -0.603. The van der Waals surface area contributed by atoms with E-state index >= 15 is 0 Å². The Labute approximate surface area is 305 Å². The summed E-state index contributed by atoms with van der Waals surface area (Å²) in [5.41, 5.74) is 5.11. The van der Waals surface area contributed by atoms with Crippen molar-refractivity contribution in [3.05, 3.63) is 101 Å². The van der Waals surface area contributed by atoms with Crippen molar-refractivity contribution >= 4 is 22.6 Å². The molecule has 0 spiro atoms. The number of nitrogens with one attached hydrogen (secondary N) is 1. The van der Waals surface area contributed by atoms with E-state index in [1.165, 1.54) is 83.2 Å². The SMILES string of the molecule is CCCCCCCCN(CCCCCCCC)C[C@@H]1C[C@H](c2ccc(CO)cc2)O[C@H](c2cccc(NC(=O)c3cnc4ccccc4n3)c2)O1. The van der Waals surface area contributed by atoms with E-state index in [0.717, 1.165) is 48.3 Å². The van der Waals surface area contributed by atoms with Crippen molar-refractivity contribution in [3.63, 3.8) is 0 Å². The van der Waals surface area contributed by atoms with Crippen molar-refractivity contribution in [2.24, 2.45) is 0 Å². The minimum Gasteiger partial charge on any atom is -0.392 e. The molecule has 1 amide bonds. The van der Waals surface area contributed by atoms with Crippen molar-refractivity contribution in [1.82, 2.24) is 14.9 Å². The molecule has 3 aromatic carbocycles. The smallest absolute Gasteiger partial charge is 0.275 e. The lowest BCUT2D eigenvalue weighted by molar-refractivity contribution is -0.253. The van der Waals surface area contributed by atoms with Crippen molar-refractivity contribution in [2.45, 2.75) is 122 Å². The molecule has 51 heavy (non-hydrogen) atoms. The molecule has 1 fully saturated rings. The summed E-state index contributed by atoms with van der Waals surface area (Å²) in [5.74, 6) is -0.323. The van der Waals surface area contributed by atoms with E-state index in [1.807, 2.05) is 60.7 Å². The van der Waals surface area contributed by atoms with Crippen LogP contribution in [0.2, 0.25) is 0 Å². The number of hydrogen-bond acceptors (Lipinski definition) is 7. The Kier molecular flexibility index (Phi) is 15.9. The number of aromatic nitrogens is 2. The van der Waals surface area contributed by atoms with Crippen LogP contribution in [0.4, 0.5) is 5.69 Å². The molecule has 2 N–H and O–H groups in total. The van der Waals surface area contributed by atoms with Crippen LogP contribution in [-0.2, 0) is 16.1 Å². The second-order valence-electron chi connectivity index (χ2n) is 14.0. The number of amides is 1. The van der Waals surface area contributed by atoms with Gasteiger partial charge in [0.15, 0.2) is 6.29 Å². The largest absolute Gasteiger partial charge is 0.392 e. The van der Waals surface area contributed by atoms with E-state index < -0.39 is 6.29 Å². The summed E-state index contributed by atoms with van der Waals surface area (Å²) in [6.07, 6.45) is 16.9. The molecule has 8 nitrogen and oxygen atoms in total.